The zero-order valence-electron chi connectivity index (χ0n) is 18.2. The van der Waals surface area contributed by atoms with Gasteiger partial charge < -0.3 is 19.2 Å². The van der Waals surface area contributed by atoms with E-state index in [2.05, 4.69) is 28.8 Å². The fourth-order valence-corrected chi connectivity index (χ4v) is 3.75. The lowest BCUT2D eigenvalue weighted by molar-refractivity contribution is -0.0671. The number of aromatic amines is 1. The highest BCUT2D eigenvalue weighted by Crippen LogP contribution is 2.37. The van der Waals surface area contributed by atoms with Gasteiger partial charge in [0.1, 0.15) is 23.4 Å². The Morgan fingerprint density at radius 1 is 1.27 bits per heavy atom. The van der Waals surface area contributed by atoms with E-state index in [4.69, 9.17) is 19.6 Å². The lowest BCUT2D eigenvalue weighted by atomic mass is 10.1. The standard InChI is InChI=1S/C20H33FN4O3S2/c1-5-7-9-26-12-14-17(27-10-8-6-2)15(21)16(28-14)13-11-23-18(24-13)19(29-3)25-20(22)30-4/h11,14-17,22H,5-10,12H2,1-4H3,(H,23,24)/b22-20?,25-19+/t14-,15+,16?,17-/m1/s1. The molecule has 170 valence electrons. The summed E-state index contributed by atoms with van der Waals surface area (Å²) in [5, 5.41) is 8.52. The fraction of sp³-hybridized carbons (Fsp3) is 0.750. The number of aromatic nitrogens is 2. The van der Waals surface area contributed by atoms with E-state index in [1.54, 1.807) is 12.5 Å². The molecule has 0 aromatic carbocycles. The van der Waals surface area contributed by atoms with Gasteiger partial charge in [-0.15, -0.1) is 11.8 Å². The van der Waals surface area contributed by atoms with Gasteiger partial charge in [0.25, 0.3) is 0 Å². The maximum absolute atomic E-state index is 15.3. The van der Waals surface area contributed by atoms with Crippen molar-refractivity contribution in [3.05, 3.63) is 17.7 Å². The van der Waals surface area contributed by atoms with Gasteiger partial charge >= 0.3 is 0 Å². The fourth-order valence-electron chi connectivity index (χ4n) is 3.03. The van der Waals surface area contributed by atoms with Crippen molar-refractivity contribution in [2.75, 3.05) is 32.3 Å². The summed E-state index contributed by atoms with van der Waals surface area (Å²) >= 11 is 2.62. The van der Waals surface area contributed by atoms with Crippen LogP contribution in [0.25, 0.3) is 0 Å². The van der Waals surface area contributed by atoms with Gasteiger partial charge in [0.15, 0.2) is 17.2 Å². The van der Waals surface area contributed by atoms with Crippen LogP contribution in [0.5, 0.6) is 0 Å². The summed E-state index contributed by atoms with van der Waals surface area (Å²) in [6.45, 7) is 5.60. The highest BCUT2D eigenvalue weighted by atomic mass is 32.2. The summed E-state index contributed by atoms with van der Waals surface area (Å²) in [7, 11) is 0. The molecule has 1 aromatic rings. The van der Waals surface area contributed by atoms with Crippen LogP contribution in [0.3, 0.4) is 0 Å². The van der Waals surface area contributed by atoms with E-state index in [-0.39, 0.29) is 5.17 Å². The number of aliphatic imine (C=N–C) groups is 1. The molecule has 1 unspecified atom stereocenters. The number of imidazole rings is 1. The second-order valence-corrected chi connectivity index (χ2v) is 8.56. The minimum absolute atomic E-state index is 0.187. The number of hydrogen-bond acceptors (Lipinski definition) is 7. The maximum atomic E-state index is 15.3. The molecule has 0 spiro atoms. The molecule has 7 nitrogen and oxygen atoms in total. The summed E-state index contributed by atoms with van der Waals surface area (Å²) < 4.78 is 32.9. The van der Waals surface area contributed by atoms with Gasteiger partial charge in [0.2, 0.25) is 0 Å². The Labute approximate surface area is 186 Å². The Morgan fingerprint density at radius 3 is 2.67 bits per heavy atom. The highest BCUT2D eigenvalue weighted by Gasteiger charge is 2.47. The van der Waals surface area contributed by atoms with Crippen LogP contribution in [0.2, 0.25) is 0 Å². The van der Waals surface area contributed by atoms with Crippen LogP contribution >= 0.6 is 23.5 Å². The Hall–Kier alpha value is -0.940. The van der Waals surface area contributed by atoms with Crippen molar-refractivity contribution in [1.82, 2.24) is 9.97 Å². The molecule has 2 rings (SSSR count). The van der Waals surface area contributed by atoms with Crippen LogP contribution in [-0.4, -0.2) is 70.9 Å². The first-order valence-corrected chi connectivity index (χ1v) is 12.8. The molecule has 1 aliphatic heterocycles. The van der Waals surface area contributed by atoms with Crippen LogP contribution in [0.15, 0.2) is 11.2 Å². The van der Waals surface area contributed by atoms with Crippen molar-refractivity contribution in [2.24, 2.45) is 4.99 Å². The summed E-state index contributed by atoms with van der Waals surface area (Å²) in [6.07, 6.45) is 5.82. The van der Waals surface area contributed by atoms with Gasteiger partial charge in [-0.3, -0.25) is 5.41 Å². The Kier molecular flexibility index (Phi) is 11.4. The topological polar surface area (TPSA) is 92.6 Å². The number of unbranched alkanes of at least 4 members (excludes halogenated alkanes) is 2. The highest BCUT2D eigenvalue weighted by molar-refractivity contribution is 8.15. The van der Waals surface area contributed by atoms with Crippen LogP contribution in [0, 0.1) is 5.41 Å². The first-order chi connectivity index (χ1) is 14.5. The van der Waals surface area contributed by atoms with Crippen LogP contribution in [0.1, 0.15) is 57.2 Å². The van der Waals surface area contributed by atoms with Crippen molar-refractivity contribution < 1.29 is 18.6 Å². The quantitative estimate of drug-likeness (QED) is 0.285. The van der Waals surface area contributed by atoms with Crippen LogP contribution in [-0.2, 0) is 14.2 Å². The number of nitrogens with one attached hydrogen (secondary N) is 2. The average molecular weight is 461 g/mol. The van der Waals surface area contributed by atoms with Crippen molar-refractivity contribution in [3.8, 4) is 0 Å². The van der Waals surface area contributed by atoms with Crippen molar-refractivity contribution >= 4 is 33.7 Å². The number of rotatable bonds is 11. The third kappa shape index (κ3) is 7.05. The smallest absolute Gasteiger partial charge is 0.180 e. The molecule has 10 heteroatoms. The van der Waals surface area contributed by atoms with E-state index in [1.165, 1.54) is 23.5 Å². The number of hydrogen-bond donors (Lipinski definition) is 2. The summed E-state index contributed by atoms with van der Waals surface area (Å²) in [5.74, 6) is 0.498. The SMILES string of the molecule is CCCCOC[C@H]1OC(c2cnc(/C(=N\C(=N)SC)SC)[nH]2)[C@H](F)[C@@H]1OCCCC. The van der Waals surface area contributed by atoms with Crippen molar-refractivity contribution in [1.29, 1.82) is 5.41 Å². The molecule has 1 aliphatic rings. The van der Waals surface area contributed by atoms with E-state index in [0.29, 0.717) is 36.4 Å². The van der Waals surface area contributed by atoms with E-state index >= 15 is 4.39 Å². The Morgan fingerprint density at radius 2 is 2.00 bits per heavy atom. The zero-order chi connectivity index (χ0) is 21.9. The van der Waals surface area contributed by atoms with Gasteiger partial charge in [0, 0.05) is 13.2 Å². The minimum atomic E-state index is -1.32. The minimum Gasteiger partial charge on any atom is -0.379 e. The molecular formula is C20H33FN4O3S2. The van der Waals surface area contributed by atoms with Gasteiger partial charge in [-0.1, -0.05) is 38.5 Å². The lowest BCUT2D eigenvalue weighted by Crippen LogP contribution is -2.34. The molecule has 1 aromatic heterocycles. The summed E-state index contributed by atoms with van der Waals surface area (Å²) in [6, 6.07) is 0. The predicted molar refractivity (Wildman–Crippen MR) is 123 cm³/mol. The lowest BCUT2D eigenvalue weighted by Gasteiger charge is -2.20. The van der Waals surface area contributed by atoms with Crippen molar-refractivity contribution in [3.63, 3.8) is 0 Å². The molecule has 2 N–H and O–H groups in total. The molecule has 2 heterocycles. The monoisotopic (exact) mass is 460 g/mol. The normalized spacial score (nSPS) is 24.5. The van der Waals surface area contributed by atoms with Crippen LogP contribution < -0.4 is 0 Å². The van der Waals surface area contributed by atoms with E-state index < -0.39 is 24.5 Å². The average Bonchev–Trinajstić information content (AvgIpc) is 3.35. The number of halogens is 1. The second kappa shape index (κ2) is 13.5. The van der Waals surface area contributed by atoms with Gasteiger partial charge in [-0.2, -0.15) is 0 Å². The van der Waals surface area contributed by atoms with E-state index in [0.717, 1.165) is 25.7 Å². The predicted octanol–water partition coefficient (Wildman–Crippen LogP) is 4.60. The van der Waals surface area contributed by atoms with E-state index in [9.17, 15) is 0 Å². The van der Waals surface area contributed by atoms with Crippen LogP contribution in [0.4, 0.5) is 4.39 Å². The first-order valence-electron chi connectivity index (χ1n) is 10.3. The molecule has 1 saturated heterocycles. The van der Waals surface area contributed by atoms with Gasteiger partial charge in [0.05, 0.1) is 18.5 Å². The molecule has 0 aliphatic carbocycles. The largest absolute Gasteiger partial charge is 0.379 e. The molecule has 0 radical (unpaired) electrons. The Balaban J connectivity index is 2.12. The summed E-state index contributed by atoms with van der Waals surface area (Å²) in [5.41, 5.74) is 0.537. The number of ether oxygens (including phenoxy) is 3. The summed E-state index contributed by atoms with van der Waals surface area (Å²) in [4.78, 5) is 11.7. The zero-order valence-corrected chi connectivity index (χ0v) is 19.8. The molecule has 0 amide bonds. The van der Waals surface area contributed by atoms with Crippen molar-refractivity contribution in [2.45, 2.75) is 64.0 Å². The van der Waals surface area contributed by atoms with Gasteiger partial charge in [-0.25, -0.2) is 14.4 Å². The number of amidine groups is 1. The second-order valence-electron chi connectivity index (χ2n) is 6.97. The molecule has 0 bridgehead atoms. The number of alkyl halides is 1. The third-order valence-electron chi connectivity index (χ3n) is 4.72. The third-order valence-corrected chi connectivity index (χ3v) is 5.87. The molecular weight excluding hydrogens is 427 g/mol. The first kappa shape index (κ1) is 25.3. The molecule has 4 atom stereocenters. The van der Waals surface area contributed by atoms with Gasteiger partial charge in [-0.05, 0) is 25.4 Å². The molecule has 1 fully saturated rings. The molecule has 30 heavy (non-hydrogen) atoms. The number of H-pyrrole nitrogens is 1. The number of thioether (sulfide) groups is 2. The molecule has 0 saturated carbocycles. The Bertz CT molecular complexity index is 689. The number of nitrogens with zero attached hydrogens (tertiary/aromatic N) is 2. The van der Waals surface area contributed by atoms with E-state index in [1.807, 2.05) is 6.26 Å². The maximum Gasteiger partial charge on any atom is 0.180 e.